The number of halogens is 1. The molecule has 0 saturated heterocycles. The fraction of sp³-hybridized carbons (Fsp3) is 0.515. The molecule has 0 unspecified atom stereocenters. The first kappa shape index (κ1) is 25.5. The van der Waals surface area contributed by atoms with Crippen molar-refractivity contribution in [3.63, 3.8) is 0 Å². The van der Waals surface area contributed by atoms with Crippen LogP contribution in [0.25, 0.3) is 21.9 Å². The van der Waals surface area contributed by atoms with Crippen LogP contribution < -0.4 is 0 Å². The van der Waals surface area contributed by atoms with Crippen molar-refractivity contribution < 1.29 is 0 Å². The fourth-order valence-electron chi connectivity index (χ4n) is 6.31. The lowest BCUT2D eigenvalue weighted by Gasteiger charge is -2.33. The van der Waals surface area contributed by atoms with E-state index in [0.29, 0.717) is 0 Å². The van der Waals surface area contributed by atoms with Gasteiger partial charge in [-0.1, -0.05) is 149 Å². The summed E-state index contributed by atoms with van der Waals surface area (Å²) in [6, 6.07) is 20.9. The zero-order chi connectivity index (χ0) is 23.8. The fourth-order valence-corrected chi connectivity index (χ4v) is 6.67. The minimum Gasteiger partial charge on any atom is -0.0654 e. The van der Waals surface area contributed by atoms with Gasteiger partial charge in [0.15, 0.2) is 0 Å². The number of fused-ring (bicyclic) bond motifs is 5. The lowest BCUT2D eigenvalue weighted by Crippen LogP contribution is -2.25. The summed E-state index contributed by atoms with van der Waals surface area (Å²) < 4.78 is 1.22. The third-order valence-electron chi connectivity index (χ3n) is 8.13. The molecule has 1 aliphatic rings. The first-order chi connectivity index (χ1) is 16.7. The number of hydrogen-bond acceptors (Lipinski definition) is 0. The Labute approximate surface area is 216 Å². The first-order valence-electron chi connectivity index (χ1n) is 14.0. The van der Waals surface area contributed by atoms with E-state index in [1.807, 2.05) is 0 Å². The van der Waals surface area contributed by atoms with Gasteiger partial charge in [-0.2, -0.15) is 0 Å². The predicted molar refractivity (Wildman–Crippen MR) is 154 cm³/mol. The van der Waals surface area contributed by atoms with Crippen molar-refractivity contribution in [3.05, 3.63) is 70.2 Å². The molecular formula is C33H43Br. The van der Waals surface area contributed by atoms with Gasteiger partial charge in [0, 0.05) is 9.89 Å². The third kappa shape index (κ3) is 5.46. The van der Waals surface area contributed by atoms with Gasteiger partial charge in [0.1, 0.15) is 0 Å². The molecule has 1 aliphatic carbocycles. The van der Waals surface area contributed by atoms with Crippen LogP contribution in [0.15, 0.2) is 59.1 Å². The molecule has 0 aliphatic heterocycles. The van der Waals surface area contributed by atoms with Crippen LogP contribution in [-0.4, -0.2) is 0 Å². The van der Waals surface area contributed by atoms with Gasteiger partial charge in [-0.15, -0.1) is 0 Å². The van der Waals surface area contributed by atoms with Crippen LogP contribution in [-0.2, 0) is 5.41 Å². The molecule has 1 heteroatoms. The van der Waals surface area contributed by atoms with Gasteiger partial charge in [-0.3, -0.25) is 0 Å². The zero-order valence-corrected chi connectivity index (χ0v) is 23.1. The van der Waals surface area contributed by atoms with E-state index in [1.54, 1.807) is 11.1 Å². The molecule has 182 valence electrons. The Morgan fingerprint density at radius 1 is 0.618 bits per heavy atom. The molecule has 0 fully saturated rings. The Bertz CT molecular complexity index is 1050. The first-order valence-corrected chi connectivity index (χ1v) is 14.8. The van der Waals surface area contributed by atoms with Gasteiger partial charge in [0.05, 0.1) is 0 Å². The zero-order valence-electron chi connectivity index (χ0n) is 21.5. The molecule has 0 aromatic heterocycles. The minimum absolute atomic E-state index is 0.161. The van der Waals surface area contributed by atoms with Gasteiger partial charge in [0.2, 0.25) is 0 Å². The number of rotatable bonds is 14. The molecule has 0 amide bonds. The number of unbranched alkanes of at least 4 members (excludes halogenated alkanes) is 10. The summed E-state index contributed by atoms with van der Waals surface area (Å²) in [5.74, 6) is 0. The molecule has 0 N–H and O–H groups in total. The average molecular weight is 520 g/mol. The maximum absolute atomic E-state index is 3.83. The summed E-state index contributed by atoms with van der Waals surface area (Å²) in [5.41, 5.74) is 6.33. The second-order valence-corrected chi connectivity index (χ2v) is 11.4. The molecule has 34 heavy (non-hydrogen) atoms. The highest BCUT2D eigenvalue weighted by atomic mass is 79.9. The van der Waals surface area contributed by atoms with E-state index >= 15 is 0 Å². The Kier molecular flexibility index (Phi) is 9.29. The molecule has 3 aromatic rings. The van der Waals surface area contributed by atoms with E-state index in [2.05, 4.69) is 84.4 Å². The smallest absolute Gasteiger partial charge is 0.0215 e. The van der Waals surface area contributed by atoms with Crippen LogP contribution in [0.3, 0.4) is 0 Å². The van der Waals surface area contributed by atoms with Gasteiger partial charge in [0.25, 0.3) is 0 Å². The molecule has 0 bridgehead atoms. The molecule has 3 aromatic carbocycles. The van der Waals surface area contributed by atoms with Crippen molar-refractivity contribution in [1.82, 2.24) is 0 Å². The molecule has 4 rings (SSSR count). The monoisotopic (exact) mass is 518 g/mol. The Morgan fingerprint density at radius 3 is 1.91 bits per heavy atom. The van der Waals surface area contributed by atoms with E-state index in [4.69, 9.17) is 0 Å². The van der Waals surface area contributed by atoms with Crippen molar-refractivity contribution in [3.8, 4) is 11.1 Å². The van der Waals surface area contributed by atoms with Crippen molar-refractivity contribution >= 4 is 26.7 Å². The summed E-state index contributed by atoms with van der Waals surface area (Å²) in [4.78, 5) is 0. The lowest BCUT2D eigenvalue weighted by atomic mass is 9.70. The van der Waals surface area contributed by atoms with E-state index < -0.39 is 0 Å². The molecular weight excluding hydrogens is 476 g/mol. The Morgan fingerprint density at radius 2 is 1.24 bits per heavy atom. The van der Waals surface area contributed by atoms with Gasteiger partial charge >= 0.3 is 0 Å². The van der Waals surface area contributed by atoms with Crippen LogP contribution >= 0.6 is 15.9 Å². The highest BCUT2D eigenvalue weighted by molar-refractivity contribution is 9.10. The van der Waals surface area contributed by atoms with Crippen molar-refractivity contribution in [1.29, 1.82) is 0 Å². The van der Waals surface area contributed by atoms with Crippen LogP contribution in [0.2, 0.25) is 0 Å². The van der Waals surface area contributed by atoms with Crippen molar-refractivity contribution in [2.75, 3.05) is 0 Å². The molecule has 0 saturated carbocycles. The number of benzene rings is 3. The van der Waals surface area contributed by atoms with E-state index in [9.17, 15) is 0 Å². The Balaban J connectivity index is 1.69. The second kappa shape index (κ2) is 12.4. The lowest BCUT2D eigenvalue weighted by molar-refractivity contribution is 0.398. The van der Waals surface area contributed by atoms with Gasteiger partial charge in [-0.25, -0.2) is 0 Å². The van der Waals surface area contributed by atoms with E-state index in [0.717, 1.165) is 0 Å². The summed E-state index contributed by atoms with van der Waals surface area (Å²) in [6.45, 7) is 4.62. The van der Waals surface area contributed by atoms with E-state index in [-0.39, 0.29) is 5.41 Å². The summed E-state index contributed by atoms with van der Waals surface area (Å²) in [7, 11) is 0. The average Bonchev–Trinajstić information content (AvgIpc) is 3.13. The highest BCUT2D eigenvalue weighted by Crippen LogP contribution is 2.56. The summed E-state index contributed by atoms with van der Waals surface area (Å²) in [6.07, 6.45) is 18.9. The summed E-state index contributed by atoms with van der Waals surface area (Å²) in [5, 5.41) is 2.79. The van der Waals surface area contributed by atoms with Gasteiger partial charge in [-0.05, 0) is 58.0 Å². The highest BCUT2D eigenvalue weighted by Gasteiger charge is 2.42. The molecule has 0 radical (unpaired) electrons. The maximum atomic E-state index is 3.83. The SMILES string of the molecule is CCCCCCCCC1(CCCCCCCC)c2cc(Br)ccc2-c2c1ccc1ccccc21. The molecule has 0 heterocycles. The molecule has 0 spiro atoms. The maximum Gasteiger partial charge on any atom is 0.0215 e. The minimum atomic E-state index is 0.161. The topological polar surface area (TPSA) is 0 Å². The van der Waals surface area contributed by atoms with Crippen molar-refractivity contribution in [2.24, 2.45) is 0 Å². The third-order valence-corrected chi connectivity index (χ3v) is 8.62. The second-order valence-electron chi connectivity index (χ2n) is 10.5. The van der Waals surface area contributed by atoms with Gasteiger partial charge < -0.3 is 0 Å². The van der Waals surface area contributed by atoms with Crippen LogP contribution in [0.1, 0.15) is 115 Å². The summed E-state index contributed by atoms with van der Waals surface area (Å²) >= 11 is 3.83. The standard InChI is InChI=1S/C33H43Br/c1-3-5-7-9-11-15-23-33(24-16-12-10-8-6-4-2)30-22-19-26-17-13-14-18-28(26)32(30)29-21-20-27(34)25-31(29)33/h13-14,17-22,25H,3-12,15-16,23-24H2,1-2H3. The predicted octanol–water partition coefficient (Wildman–Crippen LogP) is 11.4. The van der Waals surface area contributed by atoms with Crippen LogP contribution in [0, 0.1) is 0 Å². The normalized spacial score (nSPS) is 13.9. The number of hydrogen-bond donors (Lipinski definition) is 0. The largest absolute Gasteiger partial charge is 0.0654 e. The van der Waals surface area contributed by atoms with Crippen LogP contribution in [0.4, 0.5) is 0 Å². The molecule has 0 atom stereocenters. The van der Waals surface area contributed by atoms with Crippen LogP contribution in [0.5, 0.6) is 0 Å². The van der Waals surface area contributed by atoms with E-state index in [1.165, 1.54) is 116 Å². The quantitative estimate of drug-likeness (QED) is 0.186. The Hall–Kier alpha value is -1.60. The van der Waals surface area contributed by atoms with Crippen molar-refractivity contribution in [2.45, 2.75) is 109 Å². The molecule has 0 nitrogen and oxygen atoms in total.